The van der Waals surface area contributed by atoms with Crippen molar-refractivity contribution in [3.63, 3.8) is 0 Å². The van der Waals surface area contributed by atoms with Crippen LogP contribution in [0.5, 0.6) is 0 Å². The van der Waals surface area contributed by atoms with Gasteiger partial charge in [-0.25, -0.2) is 0 Å². The normalized spacial score (nSPS) is 10.8. The molecule has 0 unspecified atom stereocenters. The fraction of sp³-hybridized carbons (Fsp3) is 0.357. The Morgan fingerprint density at radius 3 is 2.95 bits per heavy atom. The van der Waals surface area contributed by atoms with Crippen LogP contribution in [0.2, 0.25) is 0 Å². The molecule has 0 atom stereocenters. The first-order chi connectivity index (χ1) is 9.15. The van der Waals surface area contributed by atoms with Gasteiger partial charge in [0.2, 0.25) is 0 Å². The largest absolute Gasteiger partial charge is 0.469 e. The van der Waals surface area contributed by atoms with Crippen molar-refractivity contribution < 1.29 is 9.53 Å². The molecule has 0 aliphatic rings. The molecule has 2 aromatic rings. The number of aromatic nitrogens is 1. The highest BCUT2D eigenvalue weighted by Gasteiger charge is 2.09. The van der Waals surface area contributed by atoms with Gasteiger partial charge >= 0.3 is 5.97 Å². The van der Waals surface area contributed by atoms with E-state index in [1.165, 1.54) is 17.4 Å². The van der Waals surface area contributed by atoms with E-state index in [9.17, 15) is 4.79 Å². The lowest BCUT2D eigenvalue weighted by atomic mass is 10.2. The minimum atomic E-state index is -0.200. The van der Waals surface area contributed by atoms with Crippen molar-refractivity contribution in [2.24, 2.45) is 0 Å². The van der Waals surface area contributed by atoms with Gasteiger partial charge in [0.25, 0.3) is 0 Å². The van der Waals surface area contributed by atoms with Crippen LogP contribution in [-0.2, 0) is 16.1 Å². The van der Waals surface area contributed by atoms with Crippen LogP contribution >= 0.6 is 11.8 Å². The van der Waals surface area contributed by atoms with Crippen molar-refractivity contribution in [1.29, 1.82) is 0 Å². The Bertz CT molecular complexity index is 592. The molecule has 0 radical (unpaired) electrons. The second kappa shape index (κ2) is 6.02. The summed E-state index contributed by atoms with van der Waals surface area (Å²) in [6.07, 6.45) is 2.36. The van der Waals surface area contributed by atoms with Crippen molar-refractivity contribution in [3.8, 4) is 0 Å². The zero-order chi connectivity index (χ0) is 13.8. The number of esters is 1. The highest BCUT2D eigenvalue weighted by atomic mass is 32.2. The van der Waals surface area contributed by atoms with Crippen molar-refractivity contribution in [2.75, 3.05) is 18.6 Å². The van der Waals surface area contributed by atoms with Crippen LogP contribution in [0.1, 0.15) is 13.3 Å². The molecular weight excluding hydrogens is 260 g/mol. The zero-order valence-corrected chi connectivity index (χ0v) is 12.0. The highest BCUT2D eigenvalue weighted by molar-refractivity contribution is 7.99. The summed E-state index contributed by atoms with van der Waals surface area (Å²) in [4.78, 5) is 12.4. The van der Waals surface area contributed by atoms with Gasteiger partial charge in [-0.15, -0.1) is 11.8 Å². The quantitative estimate of drug-likeness (QED) is 0.519. The molecular formula is C14H18N2O2S. The number of nitrogens with zero attached hydrogens (tertiary/aromatic N) is 1. The van der Waals surface area contributed by atoms with E-state index in [4.69, 9.17) is 5.73 Å². The number of carbonyl (C=O) groups is 1. The molecule has 4 nitrogen and oxygen atoms in total. The Labute approximate surface area is 116 Å². The maximum atomic E-state index is 11.2. The molecule has 0 aliphatic carbocycles. The smallest absolute Gasteiger partial charge is 0.307 e. The van der Waals surface area contributed by atoms with Crippen molar-refractivity contribution in [3.05, 3.63) is 24.4 Å². The average Bonchev–Trinajstić information content (AvgIpc) is 2.79. The van der Waals surface area contributed by atoms with Gasteiger partial charge in [-0.1, -0.05) is 6.92 Å². The third-order valence-electron chi connectivity index (χ3n) is 2.96. The van der Waals surface area contributed by atoms with Gasteiger partial charge in [0.15, 0.2) is 0 Å². The number of hydrogen-bond donors (Lipinski definition) is 1. The zero-order valence-electron chi connectivity index (χ0n) is 11.2. The van der Waals surface area contributed by atoms with Crippen LogP contribution in [-0.4, -0.2) is 23.4 Å². The van der Waals surface area contributed by atoms with Gasteiger partial charge in [0.1, 0.15) is 0 Å². The summed E-state index contributed by atoms with van der Waals surface area (Å²) in [7, 11) is 1.41. The Kier molecular flexibility index (Phi) is 4.37. The number of thioether (sulfide) groups is 1. The number of methoxy groups -OCH3 is 1. The first kappa shape index (κ1) is 13.8. The van der Waals surface area contributed by atoms with Crippen LogP contribution in [0, 0.1) is 0 Å². The summed E-state index contributed by atoms with van der Waals surface area (Å²) in [5.74, 6) is 0.806. The number of carbonyl (C=O) groups excluding carboxylic acids is 1. The Morgan fingerprint density at radius 1 is 1.47 bits per heavy atom. The molecule has 1 heterocycles. The summed E-state index contributed by atoms with van der Waals surface area (Å²) in [5, 5.41) is 1.19. The molecule has 19 heavy (non-hydrogen) atoms. The number of anilines is 1. The predicted molar refractivity (Wildman–Crippen MR) is 79.4 cm³/mol. The standard InChI is InChI=1S/C14H18N2O2S/c1-3-19-13-9-10(15)8-12-11(13)4-6-16(12)7-5-14(17)18-2/h4,6,8-9H,3,5,7,15H2,1-2H3. The second-order valence-electron chi connectivity index (χ2n) is 4.22. The molecule has 2 N–H and O–H groups in total. The Balaban J connectivity index is 2.33. The minimum absolute atomic E-state index is 0.200. The topological polar surface area (TPSA) is 57.2 Å². The van der Waals surface area contributed by atoms with Gasteiger partial charge < -0.3 is 15.0 Å². The predicted octanol–water partition coefficient (Wildman–Crippen LogP) is 2.90. The number of hydrogen-bond acceptors (Lipinski definition) is 4. The number of nitrogen functional groups attached to an aromatic ring is 1. The molecule has 1 aromatic heterocycles. The number of rotatable bonds is 5. The molecule has 0 bridgehead atoms. The van der Waals surface area contributed by atoms with E-state index < -0.39 is 0 Å². The van der Waals surface area contributed by atoms with E-state index in [2.05, 4.69) is 17.7 Å². The first-order valence-electron chi connectivity index (χ1n) is 6.23. The van der Waals surface area contributed by atoms with E-state index in [0.717, 1.165) is 17.0 Å². The molecule has 5 heteroatoms. The maximum Gasteiger partial charge on any atom is 0.307 e. The molecule has 1 aromatic carbocycles. The number of aryl methyl sites for hydroxylation is 1. The molecule has 0 spiro atoms. The van der Waals surface area contributed by atoms with Crippen LogP contribution < -0.4 is 5.73 Å². The molecule has 2 rings (SSSR count). The van der Waals surface area contributed by atoms with Crippen LogP contribution in [0.3, 0.4) is 0 Å². The van der Waals surface area contributed by atoms with Gasteiger partial charge in [-0.3, -0.25) is 4.79 Å². The van der Waals surface area contributed by atoms with E-state index in [1.54, 1.807) is 11.8 Å². The molecule has 0 aliphatic heterocycles. The van der Waals surface area contributed by atoms with E-state index in [0.29, 0.717) is 13.0 Å². The molecule has 0 fully saturated rings. The SMILES string of the molecule is CCSc1cc(N)cc2c1ccn2CCC(=O)OC. The molecule has 0 saturated heterocycles. The van der Waals surface area contributed by atoms with Gasteiger partial charge in [0.05, 0.1) is 19.0 Å². The van der Waals surface area contributed by atoms with Crippen molar-refractivity contribution in [2.45, 2.75) is 24.8 Å². The second-order valence-corrected chi connectivity index (χ2v) is 5.53. The van der Waals surface area contributed by atoms with Crippen molar-refractivity contribution >= 4 is 34.3 Å². The minimum Gasteiger partial charge on any atom is -0.469 e. The number of benzene rings is 1. The number of nitrogens with two attached hydrogens (primary N) is 1. The lowest BCUT2D eigenvalue weighted by molar-refractivity contribution is -0.140. The monoisotopic (exact) mass is 278 g/mol. The summed E-state index contributed by atoms with van der Waals surface area (Å²) >= 11 is 1.78. The number of fused-ring (bicyclic) bond motifs is 1. The lowest BCUT2D eigenvalue weighted by Gasteiger charge is -2.07. The van der Waals surface area contributed by atoms with Crippen LogP contribution in [0.4, 0.5) is 5.69 Å². The van der Waals surface area contributed by atoms with Crippen LogP contribution in [0.15, 0.2) is 29.3 Å². The summed E-state index contributed by atoms with van der Waals surface area (Å²) in [6.45, 7) is 2.73. The Morgan fingerprint density at radius 2 is 2.26 bits per heavy atom. The fourth-order valence-electron chi connectivity index (χ4n) is 2.07. The third-order valence-corrected chi connectivity index (χ3v) is 3.89. The molecule has 102 valence electrons. The fourth-order valence-corrected chi connectivity index (χ4v) is 2.92. The van der Waals surface area contributed by atoms with E-state index >= 15 is 0 Å². The first-order valence-corrected chi connectivity index (χ1v) is 7.22. The number of ether oxygens (including phenoxy) is 1. The summed E-state index contributed by atoms with van der Waals surface area (Å²) in [6, 6.07) is 6.03. The summed E-state index contributed by atoms with van der Waals surface area (Å²) < 4.78 is 6.71. The van der Waals surface area contributed by atoms with E-state index in [1.807, 2.05) is 22.9 Å². The van der Waals surface area contributed by atoms with Gasteiger partial charge in [0, 0.05) is 28.7 Å². The van der Waals surface area contributed by atoms with E-state index in [-0.39, 0.29) is 5.97 Å². The highest BCUT2D eigenvalue weighted by Crippen LogP contribution is 2.31. The Hall–Kier alpha value is -1.62. The lowest BCUT2D eigenvalue weighted by Crippen LogP contribution is -2.06. The maximum absolute atomic E-state index is 11.2. The third kappa shape index (κ3) is 3.04. The summed E-state index contributed by atoms with van der Waals surface area (Å²) in [5.41, 5.74) is 7.77. The van der Waals surface area contributed by atoms with Crippen LogP contribution in [0.25, 0.3) is 10.9 Å². The molecule has 0 amide bonds. The average molecular weight is 278 g/mol. The molecule has 0 saturated carbocycles. The van der Waals surface area contributed by atoms with Gasteiger partial charge in [-0.05, 0) is 24.0 Å². The van der Waals surface area contributed by atoms with Crippen molar-refractivity contribution in [1.82, 2.24) is 4.57 Å². The van der Waals surface area contributed by atoms with Gasteiger partial charge in [-0.2, -0.15) is 0 Å².